The molecule has 0 amide bonds. The molecule has 1 nitrogen and oxygen atoms in total. The van der Waals surface area contributed by atoms with Gasteiger partial charge in [0.2, 0.25) is 0 Å². The molecule has 3 unspecified atom stereocenters. The van der Waals surface area contributed by atoms with Gasteiger partial charge in [0, 0.05) is 6.04 Å². The first-order valence-electron chi connectivity index (χ1n) is 3.94. The van der Waals surface area contributed by atoms with Crippen LogP contribution in [0.3, 0.4) is 0 Å². The Hall–Kier alpha value is -0.0400. The van der Waals surface area contributed by atoms with E-state index in [1.807, 2.05) is 0 Å². The van der Waals surface area contributed by atoms with Crippen molar-refractivity contribution in [1.82, 2.24) is 5.32 Å². The minimum atomic E-state index is 0.863. The fourth-order valence-corrected chi connectivity index (χ4v) is 2.23. The molecule has 51 valence electrons. The van der Waals surface area contributed by atoms with Gasteiger partial charge in [0.15, 0.2) is 0 Å². The quantitative estimate of drug-likeness (QED) is 0.554. The molecule has 9 heavy (non-hydrogen) atoms. The Balaban J connectivity index is 1.93. The van der Waals surface area contributed by atoms with Gasteiger partial charge in [-0.25, -0.2) is 0 Å². The summed E-state index contributed by atoms with van der Waals surface area (Å²) in [5.74, 6) is 1.94. The molecule has 1 saturated carbocycles. The molecular formula is C8H14N. The van der Waals surface area contributed by atoms with Crippen LogP contribution in [0.15, 0.2) is 0 Å². The highest BCUT2D eigenvalue weighted by atomic mass is 15.0. The molecule has 2 rings (SSSR count). The highest BCUT2D eigenvalue weighted by Crippen LogP contribution is 2.41. The molecule has 1 saturated heterocycles. The van der Waals surface area contributed by atoms with Crippen molar-refractivity contribution in [1.29, 1.82) is 0 Å². The highest BCUT2D eigenvalue weighted by Gasteiger charge is 2.42. The Morgan fingerprint density at radius 1 is 1.56 bits per heavy atom. The standard InChI is InChI=1S/C8H14N/c1-2-6-5-7-3-4-9-8(6)7/h6-9H,1-5H2. The van der Waals surface area contributed by atoms with Crippen molar-refractivity contribution in [2.24, 2.45) is 11.8 Å². The number of rotatable bonds is 1. The summed E-state index contributed by atoms with van der Waals surface area (Å²) in [5.41, 5.74) is 0. The first-order chi connectivity index (χ1) is 4.42. The maximum atomic E-state index is 3.93. The van der Waals surface area contributed by atoms with Gasteiger partial charge in [-0.3, -0.25) is 0 Å². The molecule has 3 atom stereocenters. The van der Waals surface area contributed by atoms with E-state index >= 15 is 0 Å². The second kappa shape index (κ2) is 1.98. The minimum absolute atomic E-state index is 0.863. The molecule has 0 aromatic carbocycles. The molecule has 1 aliphatic heterocycles. The van der Waals surface area contributed by atoms with Crippen LogP contribution in [0, 0.1) is 18.8 Å². The van der Waals surface area contributed by atoms with Crippen LogP contribution in [0.2, 0.25) is 0 Å². The van der Waals surface area contributed by atoms with E-state index in [1.165, 1.54) is 19.4 Å². The van der Waals surface area contributed by atoms with E-state index in [-0.39, 0.29) is 0 Å². The van der Waals surface area contributed by atoms with E-state index < -0.39 is 0 Å². The summed E-state index contributed by atoms with van der Waals surface area (Å²) >= 11 is 0. The molecule has 0 spiro atoms. The smallest absolute Gasteiger partial charge is 0.0124 e. The third-order valence-corrected chi connectivity index (χ3v) is 2.89. The number of hydrogen-bond donors (Lipinski definition) is 1. The summed E-state index contributed by atoms with van der Waals surface area (Å²) in [4.78, 5) is 0. The Morgan fingerprint density at radius 2 is 2.44 bits per heavy atom. The predicted octanol–water partition coefficient (Wildman–Crippen LogP) is 1.21. The molecule has 2 fully saturated rings. The first kappa shape index (κ1) is 5.72. The van der Waals surface area contributed by atoms with Crippen LogP contribution in [0.1, 0.15) is 19.3 Å². The van der Waals surface area contributed by atoms with E-state index in [0.717, 1.165) is 24.3 Å². The number of fused-ring (bicyclic) bond motifs is 1. The molecule has 1 heteroatoms. The molecule has 0 aromatic rings. The zero-order valence-electron chi connectivity index (χ0n) is 5.77. The van der Waals surface area contributed by atoms with Gasteiger partial charge >= 0.3 is 0 Å². The minimum Gasteiger partial charge on any atom is -0.313 e. The third kappa shape index (κ3) is 0.710. The summed E-state index contributed by atoms with van der Waals surface area (Å²) in [7, 11) is 0. The van der Waals surface area contributed by atoms with Gasteiger partial charge < -0.3 is 5.32 Å². The van der Waals surface area contributed by atoms with Gasteiger partial charge in [-0.2, -0.15) is 0 Å². The number of hydrogen-bond acceptors (Lipinski definition) is 1. The van der Waals surface area contributed by atoms with Gasteiger partial charge in [0.05, 0.1) is 0 Å². The largest absolute Gasteiger partial charge is 0.313 e. The maximum Gasteiger partial charge on any atom is 0.0124 e. The molecule has 2 aliphatic rings. The Bertz CT molecular complexity index is 111. The van der Waals surface area contributed by atoms with E-state index in [4.69, 9.17) is 0 Å². The Morgan fingerprint density at radius 3 is 3.11 bits per heavy atom. The second-order valence-corrected chi connectivity index (χ2v) is 3.31. The lowest BCUT2D eigenvalue weighted by Crippen LogP contribution is -2.44. The molecule has 1 aliphatic carbocycles. The number of nitrogens with one attached hydrogen (secondary N) is 1. The van der Waals surface area contributed by atoms with Crippen LogP contribution in [-0.4, -0.2) is 12.6 Å². The van der Waals surface area contributed by atoms with Crippen LogP contribution in [0.4, 0.5) is 0 Å². The summed E-state index contributed by atoms with van der Waals surface area (Å²) < 4.78 is 0. The molecular weight excluding hydrogens is 110 g/mol. The van der Waals surface area contributed by atoms with E-state index in [9.17, 15) is 0 Å². The lowest BCUT2D eigenvalue weighted by molar-refractivity contribution is 0.158. The molecule has 1 heterocycles. The van der Waals surface area contributed by atoms with Crippen molar-refractivity contribution >= 4 is 0 Å². The predicted molar refractivity (Wildman–Crippen MR) is 38.0 cm³/mol. The van der Waals surface area contributed by atoms with Crippen molar-refractivity contribution < 1.29 is 0 Å². The fourth-order valence-electron chi connectivity index (χ4n) is 2.23. The zero-order chi connectivity index (χ0) is 6.27. The highest BCUT2D eigenvalue weighted by molar-refractivity contribution is 4.98. The first-order valence-corrected chi connectivity index (χ1v) is 3.94. The Kier molecular flexibility index (Phi) is 1.26. The van der Waals surface area contributed by atoms with Gasteiger partial charge in [-0.1, -0.05) is 6.92 Å². The summed E-state index contributed by atoms with van der Waals surface area (Å²) in [6, 6.07) is 0.863. The molecule has 0 aromatic heterocycles. The Labute approximate surface area is 56.8 Å². The van der Waals surface area contributed by atoms with E-state index in [2.05, 4.69) is 12.2 Å². The third-order valence-electron chi connectivity index (χ3n) is 2.89. The van der Waals surface area contributed by atoms with Crippen molar-refractivity contribution in [2.75, 3.05) is 6.54 Å². The van der Waals surface area contributed by atoms with Crippen molar-refractivity contribution in [2.45, 2.75) is 25.3 Å². The molecule has 1 N–H and O–H groups in total. The summed E-state index contributed by atoms with van der Waals surface area (Å²) in [5, 5.41) is 3.52. The van der Waals surface area contributed by atoms with E-state index in [0.29, 0.717) is 0 Å². The summed E-state index contributed by atoms with van der Waals surface area (Å²) in [6.45, 7) is 5.18. The maximum absolute atomic E-state index is 3.93. The van der Waals surface area contributed by atoms with Gasteiger partial charge in [-0.15, -0.1) is 0 Å². The van der Waals surface area contributed by atoms with Crippen LogP contribution in [-0.2, 0) is 0 Å². The monoisotopic (exact) mass is 124 g/mol. The van der Waals surface area contributed by atoms with Crippen LogP contribution in [0.5, 0.6) is 0 Å². The SMILES string of the molecule is [CH2]CC1CC2CCNC12. The van der Waals surface area contributed by atoms with Gasteiger partial charge in [-0.05, 0) is 37.6 Å². The van der Waals surface area contributed by atoms with Crippen molar-refractivity contribution in [3.63, 3.8) is 0 Å². The average molecular weight is 124 g/mol. The van der Waals surface area contributed by atoms with Crippen LogP contribution in [0.25, 0.3) is 0 Å². The molecule has 1 radical (unpaired) electrons. The van der Waals surface area contributed by atoms with Gasteiger partial charge in [0.1, 0.15) is 0 Å². The van der Waals surface area contributed by atoms with Gasteiger partial charge in [0.25, 0.3) is 0 Å². The average Bonchev–Trinajstić information content (AvgIpc) is 2.14. The van der Waals surface area contributed by atoms with Crippen molar-refractivity contribution in [3.05, 3.63) is 6.92 Å². The zero-order valence-corrected chi connectivity index (χ0v) is 5.77. The second-order valence-electron chi connectivity index (χ2n) is 3.31. The summed E-state index contributed by atoms with van der Waals surface area (Å²) in [6.07, 6.45) is 4.00. The lowest BCUT2D eigenvalue weighted by atomic mass is 9.70. The van der Waals surface area contributed by atoms with Crippen LogP contribution >= 0.6 is 0 Å². The lowest BCUT2D eigenvalue weighted by Gasteiger charge is -2.39. The van der Waals surface area contributed by atoms with E-state index in [1.54, 1.807) is 0 Å². The topological polar surface area (TPSA) is 12.0 Å². The van der Waals surface area contributed by atoms with Crippen LogP contribution < -0.4 is 5.32 Å². The molecule has 0 bridgehead atoms. The fraction of sp³-hybridized carbons (Fsp3) is 0.875. The van der Waals surface area contributed by atoms with Crippen molar-refractivity contribution in [3.8, 4) is 0 Å². The normalized spacial score (nSPS) is 48.3.